The number of aromatic hydroxyl groups is 2. The van der Waals surface area contributed by atoms with Gasteiger partial charge in [-0.15, -0.1) is 0 Å². The summed E-state index contributed by atoms with van der Waals surface area (Å²) in [4.78, 5) is 2.30. The van der Waals surface area contributed by atoms with E-state index in [0.29, 0.717) is 17.2 Å². The zero-order chi connectivity index (χ0) is 19.6. The maximum atomic E-state index is 10.2. The smallest absolute Gasteiger partial charge is 0.203 e. The summed E-state index contributed by atoms with van der Waals surface area (Å²) in [6, 6.07) is 7.55. The van der Waals surface area contributed by atoms with Gasteiger partial charge in [0, 0.05) is 12.6 Å². The number of fused-ring (bicyclic) bond motifs is 1. The summed E-state index contributed by atoms with van der Waals surface area (Å²) >= 11 is 0. The molecule has 0 bridgehead atoms. The lowest BCUT2D eigenvalue weighted by Crippen LogP contribution is -2.32. The fourth-order valence-corrected chi connectivity index (χ4v) is 3.83. The van der Waals surface area contributed by atoms with Gasteiger partial charge in [0.1, 0.15) is 0 Å². The van der Waals surface area contributed by atoms with E-state index in [-0.39, 0.29) is 17.5 Å². The zero-order valence-electron chi connectivity index (χ0n) is 16.3. The monoisotopic (exact) mass is 373 g/mol. The molecule has 0 aliphatic carbocycles. The average molecular weight is 373 g/mol. The predicted octanol–water partition coefficient (Wildman–Crippen LogP) is 3.29. The Balaban J connectivity index is 1.85. The minimum absolute atomic E-state index is 0.0756. The van der Waals surface area contributed by atoms with E-state index in [2.05, 4.69) is 11.9 Å². The Bertz CT molecular complexity index is 821. The van der Waals surface area contributed by atoms with Crippen LogP contribution in [0.3, 0.4) is 0 Å². The fraction of sp³-hybridized carbons (Fsp3) is 0.429. The van der Waals surface area contributed by atoms with Crippen molar-refractivity contribution >= 4 is 0 Å². The molecule has 6 nitrogen and oxygen atoms in total. The normalized spacial score (nSPS) is 16.7. The molecule has 0 fully saturated rings. The number of likely N-dealkylation sites (N-methyl/N-ethyl adjacent to an activating group) is 1. The van der Waals surface area contributed by atoms with Crippen LogP contribution in [-0.4, -0.2) is 50.0 Å². The third-order valence-corrected chi connectivity index (χ3v) is 5.29. The second-order valence-electron chi connectivity index (χ2n) is 6.86. The molecule has 0 amide bonds. The van der Waals surface area contributed by atoms with Gasteiger partial charge in [-0.05, 0) is 67.3 Å². The van der Waals surface area contributed by atoms with Gasteiger partial charge in [-0.1, -0.05) is 0 Å². The first-order chi connectivity index (χ1) is 13.0. The Morgan fingerprint density at radius 1 is 0.963 bits per heavy atom. The lowest BCUT2D eigenvalue weighted by Gasteiger charge is -2.35. The quantitative estimate of drug-likeness (QED) is 0.810. The summed E-state index contributed by atoms with van der Waals surface area (Å²) in [5.74, 6) is 1.62. The van der Waals surface area contributed by atoms with Gasteiger partial charge in [-0.2, -0.15) is 0 Å². The van der Waals surface area contributed by atoms with E-state index in [0.717, 1.165) is 36.9 Å². The SMILES string of the molecule is COc1cc2c(cc1O)C(CCc1cc(O)c(OC)c(OC)c1)N(C)CC2. The van der Waals surface area contributed by atoms with Crippen LogP contribution in [0.25, 0.3) is 0 Å². The van der Waals surface area contributed by atoms with Gasteiger partial charge in [0.15, 0.2) is 23.0 Å². The Morgan fingerprint density at radius 3 is 2.37 bits per heavy atom. The van der Waals surface area contributed by atoms with E-state index in [1.807, 2.05) is 18.2 Å². The van der Waals surface area contributed by atoms with Crippen molar-refractivity contribution in [1.29, 1.82) is 0 Å². The third kappa shape index (κ3) is 3.76. The molecule has 2 aromatic carbocycles. The van der Waals surface area contributed by atoms with E-state index in [1.165, 1.54) is 12.7 Å². The molecule has 2 aromatic rings. The molecule has 2 N–H and O–H groups in total. The summed E-state index contributed by atoms with van der Waals surface area (Å²) in [7, 11) is 6.73. The van der Waals surface area contributed by atoms with Gasteiger partial charge >= 0.3 is 0 Å². The number of hydrogen-bond acceptors (Lipinski definition) is 6. The molecular formula is C21H27NO5. The molecule has 0 aromatic heterocycles. The Kier molecular flexibility index (Phi) is 5.65. The number of nitrogens with zero attached hydrogens (tertiary/aromatic N) is 1. The highest BCUT2D eigenvalue weighted by atomic mass is 16.5. The minimum atomic E-state index is 0.0756. The molecule has 6 heteroatoms. The third-order valence-electron chi connectivity index (χ3n) is 5.29. The summed E-state index contributed by atoms with van der Waals surface area (Å²) < 4.78 is 15.8. The van der Waals surface area contributed by atoms with Gasteiger partial charge in [-0.3, -0.25) is 4.90 Å². The van der Waals surface area contributed by atoms with Crippen LogP contribution in [0, 0.1) is 0 Å². The van der Waals surface area contributed by atoms with Crippen LogP contribution < -0.4 is 14.2 Å². The van der Waals surface area contributed by atoms with E-state index < -0.39 is 0 Å². The van der Waals surface area contributed by atoms with E-state index in [4.69, 9.17) is 14.2 Å². The average Bonchev–Trinajstić information content (AvgIpc) is 2.66. The lowest BCUT2D eigenvalue weighted by atomic mass is 9.88. The molecule has 1 aliphatic heterocycles. The van der Waals surface area contributed by atoms with Crippen molar-refractivity contribution in [3.8, 4) is 28.7 Å². The number of ether oxygens (including phenoxy) is 3. The second kappa shape index (κ2) is 7.96. The molecule has 3 rings (SSSR count). The summed E-state index contributed by atoms with van der Waals surface area (Å²) in [6.07, 6.45) is 2.54. The topological polar surface area (TPSA) is 71.4 Å². The van der Waals surface area contributed by atoms with Crippen molar-refractivity contribution in [2.24, 2.45) is 0 Å². The van der Waals surface area contributed by atoms with Crippen molar-refractivity contribution in [1.82, 2.24) is 4.90 Å². The predicted molar refractivity (Wildman–Crippen MR) is 103 cm³/mol. The van der Waals surface area contributed by atoms with Crippen molar-refractivity contribution < 1.29 is 24.4 Å². The van der Waals surface area contributed by atoms with Crippen LogP contribution in [-0.2, 0) is 12.8 Å². The van der Waals surface area contributed by atoms with Gasteiger partial charge in [0.05, 0.1) is 21.3 Å². The molecule has 0 saturated heterocycles. The summed E-state index contributed by atoms with van der Waals surface area (Å²) in [5, 5.41) is 20.4. The summed E-state index contributed by atoms with van der Waals surface area (Å²) in [5.41, 5.74) is 3.32. The van der Waals surface area contributed by atoms with E-state index in [9.17, 15) is 10.2 Å². The van der Waals surface area contributed by atoms with Gasteiger partial charge in [0.2, 0.25) is 5.75 Å². The van der Waals surface area contributed by atoms with Crippen molar-refractivity contribution in [2.75, 3.05) is 34.9 Å². The first-order valence-corrected chi connectivity index (χ1v) is 9.02. The molecule has 27 heavy (non-hydrogen) atoms. The largest absolute Gasteiger partial charge is 0.504 e. The van der Waals surface area contributed by atoms with Crippen LogP contribution in [0.1, 0.15) is 29.2 Å². The molecule has 146 valence electrons. The van der Waals surface area contributed by atoms with Crippen molar-refractivity contribution in [3.05, 3.63) is 41.0 Å². The van der Waals surface area contributed by atoms with Gasteiger partial charge in [0.25, 0.3) is 0 Å². The molecule has 1 unspecified atom stereocenters. The highest BCUT2D eigenvalue weighted by Crippen LogP contribution is 2.41. The molecule has 0 spiro atoms. The fourth-order valence-electron chi connectivity index (χ4n) is 3.83. The van der Waals surface area contributed by atoms with Gasteiger partial charge < -0.3 is 24.4 Å². The zero-order valence-corrected chi connectivity index (χ0v) is 16.3. The highest BCUT2D eigenvalue weighted by molar-refractivity contribution is 5.53. The van der Waals surface area contributed by atoms with E-state index >= 15 is 0 Å². The summed E-state index contributed by atoms with van der Waals surface area (Å²) in [6.45, 7) is 0.947. The molecular weight excluding hydrogens is 346 g/mol. The van der Waals surface area contributed by atoms with Crippen LogP contribution in [0.2, 0.25) is 0 Å². The maximum absolute atomic E-state index is 10.2. The first-order valence-electron chi connectivity index (χ1n) is 9.02. The minimum Gasteiger partial charge on any atom is -0.504 e. The molecule has 0 saturated carbocycles. The van der Waals surface area contributed by atoms with Crippen LogP contribution in [0.15, 0.2) is 24.3 Å². The second-order valence-corrected chi connectivity index (χ2v) is 6.86. The maximum Gasteiger partial charge on any atom is 0.203 e. The highest BCUT2D eigenvalue weighted by Gasteiger charge is 2.26. The first kappa shape index (κ1) is 19.2. The molecule has 1 atom stereocenters. The number of phenols is 2. The lowest BCUT2D eigenvalue weighted by molar-refractivity contribution is 0.218. The molecule has 0 radical (unpaired) electrons. The van der Waals surface area contributed by atoms with Crippen LogP contribution >= 0.6 is 0 Å². The van der Waals surface area contributed by atoms with Crippen LogP contribution in [0.5, 0.6) is 28.7 Å². The molecule has 1 aliphatic rings. The number of rotatable bonds is 6. The number of benzene rings is 2. The van der Waals surface area contributed by atoms with Crippen molar-refractivity contribution in [2.45, 2.75) is 25.3 Å². The number of aryl methyl sites for hydroxylation is 1. The standard InChI is InChI=1S/C21H27NO5/c1-22-8-7-14-11-19(25-2)17(23)12-15(14)16(22)6-5-13-9-18(24)21(27-4)20(10-13)26-3/h9-12,16,23-24H,5-8H2,1-4H3. The van der Waals surface area contributed by atoms with Crippen molar-refractivity contribution in [3.63, 3.8) is 0 Å². The van der Waals surface area contributed by atoms with E-state index in [1.54, 1.807) is 20.3 Å². The number of hydrogen-bond donors (Lipinski definition) is 2. The Labute approximate surface area is 159 Å². The molecule has 1 heterocycles. The van der Waals surface area contributed by atoms with Crippen LogP contribution in [0.4, 0.5) is 0 Å². The number of methoxy groups -OCH3 is 3. The van der Waals surface area contributed by atoms with Gasteiger partial charge in [-0.25, -0.2) is 0 Å². The Hall–Kier alpha value is -2.60. The Morgan fingerprint density at radius 2 is 1.70 bits per heavy atom. The number of phenolic OH excluding ortho intramolecular Hbond substituents is 2.